The Morgan fingerprint density at radius 2 is 1.79 bits per heavy atom. The summed E-state index contributed by atoms with van der Waals surface area (Å²) in [4.78, 5) is 37.0. The standard InChI is InChI=1S/C25H22ClN5O3/c1-14-11-18(13-29(2)24(14)32)31-21(15-5-8-17(26)9-6-15)20-22(25(31)33)30(3)23(28-20)16-7-10-19(34-4)27-12-16/h5-13,21H,1-4H3/t21-/m1/s1. The summed E-state index contributed by atoms with van der Waals surface area (Å²) in [6.45, 7) is 1.74. The molecule has 1 amide bonds. The van der Waals surface area contributed by atoms with E-state index in [2.05, 4.69) is 4.98 Å². The first kappa shape index (κ1) is 21.9. The fourth-order valence-electron chi connectivity index (χ4n) is 4.41. The van der Waals surface area contributed by atoms with Crippen molar-refractivity contribution in [2.24, 2.45) is 14.1 Å². The third-order valence-electron chi connectivity index (χ3n) is 6.08. The van der Waals surface area contributed by atoms with Gasteiger partial charge in [-0.05, 0) is 36.8 Å². The van der Waals surface area contributed by atoms with Crippen LogP contribution in [0, 0.1) is 6.92 Å². The first-order valence-corrected chi connectivity index (χ1v) is 11.0. The Kier molecular flexibility index (Phi) is 5.25. The molecule has 0 unspecified atom stereocenters. The Hall–Kier alpha value is -3.91. The number of hydrogen-bond donors (Lipinski definition) is 0. The van der Waals surface area contributed by atoms with Crippen molar-refractivity contribution in [2.75, 3.05) is 12.0 Å². The average Bonchev–Trinajstić information content (AvgIpc) is 3.32. The summed E-state index contributed by atoms with van der Waals surface area (Å²) in [5.41, 5.74) is 3.81. The largest absolute Gasteiger partial charge is 0.481 e. The molecule has 0 aliphatic carbocycles. The van der Waals surface area contributed by atoms with Gasteiger partial charge in [0.05, 0.1) is 18.5 Å². The summed E-state index contributed by atoms with van der Waals surface area (Å²) in [5.74, 6) is 0.927. The second-order valence-corrected chi connectivity index (χ2v) is 8.68. The van der Waals surface area contributed by atoms with E-state index in [1.807, 2.05) is 25.2 Å². The number of anilines is 1. The minimum absolute atomic E-state index is 0.108. The zero-order valence-electron chi connectivity index (χ0n) is 19.1. The van der Waals surface area contributed by atoms with Gasteiger partial charge in [-0.15, -0.1) is 0 Å². The van der Waals surface area contributed by atoms with Crippen LogP contribution in [0.3, 0.4) is 0 Å². The van der Waals surface area contributed by atoms with Gasteiger partial charge in [0, 0.05) is 48.7 Å². The van der Waals surface area contributed by atoms with Crippen LogP contribution in [0.15, 0.2) is 59.7 Å². The lowest BCUT2D eigenvalue weighted by molar-refractivity contribution is 0.0986. The van der Waals surface area contributed by atoms with Crippen molar-refractivity contribution in [1.82, 2.24) is 19.1 Å². The van der Waals surface area contributed by atoms with Crippen molar-refractivity contribution >= 4 is 23.2 Å². The summed E-state index contributed by atoms with van der Waals surface area (Å²) in [6, 6.07) is 12.2. The van der Waals surface area contributed by atoms with Gasteiger partial charge >= 0.3 is 0 Å². The van der Waals surface area contributed by atoms with Crippen LogP contribution < -0.4 is 15.2 Å². The molecule has 1 aromatic carbocycles. The lowest BCUT2D eigenvalue weighted by Crippen LogP contribution is -2.32. The number of rotatable bonds is 4. The van der Waals surface area contributed by atoms with E-state index in [-0.39, 0.29) is 11.5 Å². The van der Waals surface area contributed by atoms with Gasteiger partial charge in [-0.3, -0.25) is 14.5 Å². The van der Waals surface area contributed by atoms with Gasteiger partial charge in [0.2, 0.25) is 5.88 Å². The van der Waals surface area contributed by atoms with Gasteiger partial charge in [0.15, 0.2) is 0 Å². The number of aryl methyl sites for hydroxylation is 2. The molecular weight excluding hydrogens is 454 g/mol. The van der Waals surface area contributed by atoms with E-state index < -0.39 is 6.04 Å². The zero-order chi connectivity index (χ0) is 24.1. The van der Waals surface area contributed by atoms with Crippen molar-refractivity contribution in [2.45, 2.75) is 13.0 Å². The number of amides is 1. The molecule has 0 saturated carbocycles. The van der Waals surface area contributed by atoms with Crippen LogP contribution in [-0.2, 0) is 14.1 Å². The van der Waals surface area contributed by atoms with Crippen molar-refractivity contribution in [3.05, 3.63) is 92.7 Å². The van der Waals surface area contributed by atoms with Crippen molar-refractivity contribution < 1.29 is 9.53 Å². The molecule has 172 valence electrons. The maximum Gasteiger partial charge on any atom is 0.277 e. The quantitative estimate of drug-likeness (QED) is 0.447. The van der Waals surface area contributed by atoms with E-state index in [1.165, 1.54) is 4.57 Å². The number of aromatic nitrogens is 4. The fourth-order valence-corrected chi connectivity index (χ4v) is 4.54. The summed E-state index contributed by atoms with van der Waals surface area (Å²) >= 11 is 6.14. The van der Waals surface area contributed by atoms with Gasteiger partial charge in [-0.1, -0.05) is 23.7 Å². The van der Waals surface area contributed by atoms with E-state index in [4.69, 9.17) is 21.3 Å². The second kappa shape index (κ2) is 8.14. The predicted octanol–water partition coefficient (Wildman–Crippen LogP) is 3.90. The normalized spacial score (nSPS) is 15.0. The number of benzene rings is 1. The second-order valence-electron chi connectivity index (χ2n) is 8.24. The molecule has 1 aliphatic rings. The molecule has 9 heteroatoms. The zero-order valence-corrected chi connectivity index (χ0v) is 19.9. The smallest absolute Gasteiger partial charge is 0.277 e. The van der Waals surface area contributed by atoms with E-state index in [9.17, 15) is 9.59 Å². The topological polar surface area (TPSA) is 82.3 Å². The highest BCUT2D eigenvalue weighted by molar-refractivity contribution is 6.30. The lowest BCUT2D eigenvalue weighted by Gasteiger charge is -2.26. The van der Waals surface area contributed by atoms with E-state index >= 15 is 0 Å². The van der Waals surface area contributed by atoms with Crippen LogP contribution in [0.2, 0.25) is 5.02 Å². The Morgan fingerprint density at radius 1 is 1.06 bits per heavy atom. The first-order valence-electron chi connectivity index (χ1n) is 10.6. The highest BCUT2D eigenvalue weighted by Gasteiger charge is 2.43. The van der Waals surface area contributed by atoms with Crippen LogP contribution in [0.1, 0.15) is 33.4 Å². The maximum absolute atomic E-state index is 13.8. The number of pyridine rings is 2. The van der Waals surface area contributed by atoms with E-state index in [1.54, 1.807) is 67.2 Å². The van der Waals surface area contributed by atoms with Gasteiger partial charge in [-0.2, -0.15) is 0 Å². The Labute approximate surface area is 201 Å². The number of halogens is 1. The molecule has 0 radical (unpaired) electrons. The average molecular weight is 476 g/mol. The number of carbonyl (C=O) groups is 1. The number of nitrogens with zero attached hydrogens (tertiary/aromatic N) is 5. The maximum atomic E-state index is 13.8. The molecule has 1 atom stereocenters. The molecule has 4 aromatic rings. The Morgan fingerprint density at radius 3 is 2.41 bits per heavy atom. The molecule has 0 bridgehead atoms. The molecule has 8 nitrogen and oxygen atoms in total. The number of ether oxygens (including phenoxy) is 1. The van der Waals surface area contributed by atoms with Crippen LogP contribution in [-0.4, -0.2) is 32.1 Å². The predicted molar refractivity (Wildman–Crippen MR) is 130 cm³/mol. The van der Waals surface area contributed by atoms with Crippen molar-refractivity contribution in [1.29, 1.82) is 0 Å². The fraction of sp³-hybridized carbons (Fsp3) is 0.200. The number of imidazole rings is 1. The number of methoxy groups -OCH3 is 1. The third-order valence-corrected chi connectivity index (χ3v) is 6.33. The van der Waals surface area contributed by atoms with Gasteiger partial charge < -0.3 is 13.9 Å². The van der Waals surface area contributed by atoms with Crippen LogP contribution in [0.5, 0.6) is 5.88 Å². The number of hydrogen-bond acceptors (Lipinski definition) is 5. The van der Waals surface area contributed by atoms with Crippen molar-refractivity contribution in [3.63, 3.8) is 0 Å². The summed E-state index contributed by atoms with van der Waals surface area (Å²) < 4.78 is 8.43. The van der Waals surface area contributed by atoms with Crippen LogP contribution in [0.4, 0.5) is 5.69 Å². The SMILES string of the molecule is COc1ccc(-c2nc3c(n2C)C(=O)N(c2cc(C)c(=O)n(C)c2)[C@@H]3c2ccc(Cl)cc2)cn1. The Balaban J connectivity index is 1.70. The molecule has 0 N–H and O–H groups in total. The third kappa shape index (κ3) is 3.38. The minimum atomic E-state index is -0.483. The van der Waals surface area contributed by atoms with Crippen LogP contribution in [0.25, 0.3) is 11.4 Å². The minimum Gasteiger partial charge on any atom is -0.481 e. The van der Waals surface area contributed by atoms with E-state index in [0.29, 0.717) is 39.4 Å². The summed E-state index contributed by atoms with van der Waals surface area (Å²) in [6.07, 6.45) is 3.35. The number of fused-ring (bicyclic) bond motifs is 1. The molecule has 1 aliphatic heterocycles. The molecule has 0 fully saturated rings. The van der Waals surface area contributed by atoms with Crippen LogP contribution >= 0.6 is 11.6 Å². The van der Waals surface area contributed by atoms with Gasteiger partial charge in [0.25, 0.3) is 11.5 Å². The van der Waals surface area contributed by atoms with Gasteiger partial charge in [0.1, 0.15) is 17.6 Å². The number of carbonyl (C=O) groups excluding carboxylic acids is 1. The highest BCUT2D eigenvalue weighted by atomic mass is 35.5. The Bertz CT molecular complexity index is 1450. The first-order chi connectivity index (χ1) is 16.3. The highest BCUT2D eigenvalue weighted by Crippen LogP contribution is 2.42. The summed E-state index contributed by atoms with van der Waals surface area (Å²) in [7, 11) is 5.05. The molecular formula is C25H22ClN5O3. The molecule has 0 spiro atoms. The molecule has 34 heavy (non-hydrogen) atoms. The molecule has 4 heterocycles. The monoisotopic (exact) mass is 475 g/mol. The van der Waals surface area contributed by atoms with E-state index in [0.717, 1.165) is 11.1 Å². The molecule has 3 aromatic heterocycles. The molecule has 0 saturated heterocycles. The van der Waals surface area contributed by atoms with Crippen molar-refractivity contribution in [3.8, 4) is 17.3 Å². The lowest BCUT2D eigenvalue weighted by atomic mass is 10.0. The molecule has 5 rings (SSSR count). The van der Waals surface area contributed by atoms with Gasteiger partial charge in [-0.25, -0.2) is 9.97 Å². The summed E-state index contributed by atoms with van der Waals surface area (Å²) in [5, 5.41) is 0.601.